The Kier molecular flexibility index (Phi) is 29.3. The van der Waals surface area contributed by atoms with Gasteiger partial charge in [0.15, 0.2) is 0 Å². The Balaban J connectivity index is -0.000000146. The monoisotopic (exact) mass is 454 g/mol. The number of nitrogens with two attached hydrogens (primary N) is 1. The molecule has 25 heavy (non-hydrogen) atoms. The van der Waals surface area contributed by atoms with E-state index in [4.69, 9.17) is 5.73 Å². The number of thiol groups is 1. The summed E-state index contributed by atoms with van der Waals surface area (Å²) in [6, 6.07) is 0.435. The summed E-state index contributed by atoms with van der Waals surface area (Å²) >= 11 is 4.35. The van der Waals surface area contributed by atoms with Crippen molar-refractivity contribution >= 4 is 12.6 Å². The minimum absolute atomic E-state index is 0. The van der Waals surface area contributed by atoms with Gasteiger partial charge in [0, 0.05) is 38.8 Å². The molecule has 6 N–H and O–H groups in total. The van der Waals surface area contributed by atoms with Gasteiger partial charge in [0.25, 0.3) is 0 Å². The number of rotatable bonds is 3. The summed E-state index contributed by atoms with van der Waals surface area (Å²) in [6.45, 7) is 10.9. The second-order valence-corrected chi connectivity index (χ2v) is 7.80. The van der Waals surface area contributed by atoms with Crippen LogP contribution in [0.4, 0.5) is 0 Å². The van der Waals surface area contributed by atoms with Crippen molar-refractivity contribution in [2.24, 2.45) is 29.4 Å². The molecule has 3 nitrogen and oxygen atoms in total. The summed E-state index contributed by atoms with van der Waals surface area (Å²) < 4.78 is 0. The van der Waals surface area contributed by atoms with Gasteiger partial charge >= 0.3 is 0 Å². The van der Waals surface area contributed by atoms with Crippen LogP contribution in [0.25, 0.3) is 0 Å². The van der Waals surface area contributed by atoms with Crippen molar-refractivity contribution in [1.82, 2.24) is 0 Å². The third-order valence-electron chi connectivity index (χ3n) is 5.55. The van der Waals surface area contributed by atoms with E-state index in [0.717, 1.165) is 29.4 Å². The van der Waals surface area contributed by atoms with E-state index in [1.54, 1.807) is 0 Å². The van der Waals surface area contributed by atoms with Gasteiger partial charge in [-0.05, 0) is 62.0 Å². The molecule has 0 aromatic rings. The molecule has 5 heteroatoms. The fourth-order valence-corrected chi connectivity index (χ4v) is 3.96. The molecule has 0 spiro atoms. The number of hydrogen-bond donors (Lipinski definition) is 2. The molecule has 0 aromatic carbocycles. The van der Waals surface area contributed by atoms with E-state index in [9.17, 15) is 0 Å². The first kappa shape index (κ1) is 33.9. The fourth-order valence-electron chi connectivity index (χ4n) is 3.66. The summed E-state index contributed by atoms with van der Waals surface area (Å²) in [6.07, 6.45) is 12.8. The summed E-state index contributed by atoms with van der Waals surface area (Å²) in [5.41, 5.74) is 5.77. The summed E-state index contributed by atoms with van der Waals surface area (Å²) in [5.74, 6) is 4.70. The van der Waals surface area contributed by atoms with E-state index in [1.165, 1.54) is 57.8 Å². The zero-order valence-corrected chi connectivity index (χ0v) is 21.3. The zero-order valence-electron chi connectivity index (χ0n) is 17.6. The van der Waals surface area contributed by atoms with Crippen molar-refractivity contribution in [3.05, 3.63) is 0 Å². The molecule has 2 saturated carbocycles. The van der Waals surface area contributed by atoms with Crippen molar-refractivity contribution in [2.75, 3.05) is 5.75 Å². The van der Waals surface area contributed by atoms with Crippen LogP contribution in [0.1, 0.15) is 92.4 Å². The zero-order chi connectivity index (χ0) is 17.0. The van der Waals surface area contributed by atoms with Crippen molar-refractivity contribution in [1.29, 1.82) is 0 Å². The molecule has 0 unspecified atom stereocenters. The van der Waals surface area contributed by atoms with Gasteiger partial charge in [0.2, 0.25) is 0 Å². The molecule has 0 aromatic heterocycles. The standard InChI is InChI=1S/C10H20S.C8H17N.C2H6.2H2O.Y/c1-8-3-5-10(6-4-8)9(2)7-11;1-7(9)8-5-3-2-4-6-8;1-2;;;/h8-11H,3-7H2,1-2H3;7-8H,2-6,9H2,1H3;1-2H3;2*1H2;/t8?,9-,10?;7-;;;;/m01..../s1. The summed E-state index contributed by atoms with van der Waals surface area (Å²) in [5, 5.41) is 0. The van der Waals surface area contributed by atoms with Gasteiger partial charge in [-0.2, -0.15) is 12.6 Å². The summed E-state index contributed by atoms with van der Waals surface area (Å²) in [4.78, 5) is 0. The van der Waals surface area contributed by atoms with E-state index in [-0.39, 0.29) is 43.7 Å². The molecule has 2 aliphatic carbocycles. The van der Waals surface area contributed by atoms with Gasteiger partial charge in [-0.15, -0.1) is 0 Å². The molecule has 0 heterocycles. The van der Waals surface area contributed by atoms with Crippen LogP contribution < -0.4 is 5.73 Å². The van der Waals surface area contributed by atoms with Gasteiger partial charge in [-0.25, -0.2) is 0 Å². The van der Waals surface area contributed by atoms with Gasteiger partial charge in [0.05, 0.1) is 0 Å². The first-order valence-electron chi connectivity index (χ1n) is 9.91. The van der Waals surface area contributed by atoms with E-state index < -0.39 is 0 Å². The van der Waals surface area contributed by atoms with Gasteiger partial charge in [-0.1, -0.05) is 59.8 Å². The Morgan fingerprint density at radius 1 is 0.840 bits per heavy atom. The van der Waals surface area contributed by atoms with Crippen LogP contribution in [0.5, 0.6) is 0 Å². The van der Waals surface area contributed by atoms with Crippen molar-refractivity contribution in [3.63, 3.8) is 0 Å². The predicted molar refractivity (Wildman–Crippen MR) is 113 cm³/mol. The van der Waals surface area contributed by atoms with Crippen LogP contribution in [0, 0.1) is 23.7 Å². The maximum atomic E-state index is 5.77. The molecule has 0 aliphatic heterocycles. The van der Waals surface area contributed by atoms with Crippen molar-refractivity contribution in [3.8, 4) is 0 Å². The Labute approximate surface area is 189 Å². The molecular weight excluding hydrogens is 407 g/mol. The fraction of sp³-hybridized carbons (Fsp3) is 1.00. The first-order valence-corrected chi connectivity index (χ1v) is 10.5. The number of hydrogen-bond acceptors (Lipinski definition) is 2. The Hall–Kier alpha value is 1.33. The second-order valence-electron chi connectivity index (χ2n) is 7.44. The Morgan fingerprint density at radius 2 is 1.28 bits per heavy atom. The van der Waals surface area contributed by atoms with Crippen molar-refractivity contribution in [2.45, 2.75) is 98.4 Å². The molecule has 0 bridgehead atoms. The van der Waals surface area contributed by atoms with E-state index in [2.05, 4.69) is 33.4 Å². The predicted octanol–water partition coefficient (Wildman–Crippen LogP) is 4.67. The maximum absolute atomic E-state index is 5.77. The Morgan fingerprint density at radius 3 is 1.60 bits per heavy atom. The average Bonchev–Trinajstić information content (AvgIpc) is 2.58. The third kappa shape index (κ3) is 16.0. The van der Waals surface area contributed by atoms with Crippen LogP contribution in [-0.2, 0) is 32.7 Å². The quantitative estimate of drug-likeness (QED) is 0.597. The van der Waals surface area contributed by atoms with Crippen molar-refractivity contribution < 1.29 is 43.7 Å². The van der Waals surface area contributed by atoms with E-state index in [0.29, 0.717) is 6.04 Å². The smallest absolute Gasteiger partial charge is 0.00387 e. The van der Waals surface area contributed by atoms with Crippen LogP contribution >= 0.6 is 12.6 Å². The second kappa shape index (κ2) is 21.6. The average molecular weight is 455 g/mol. The minimum Gasteiger partial charge on any atom is -0.412 e. The molecule has 2 rings (SSSR count). The molecule has 0 saturated heterocycles. The first-order chi connectivity index (χ1) is 10.5. The van der Waals surface area contributed by atoms with Crippen LogP contribution in [0.3, 0.4) is 0 Å². The normalized spacial score (nSPS) is 25.1. The van der Waals surface area contributed by atoms with Gasteiger partial charge in [0.1, 0.15) is 0 Å². The van der Waals surface area contributed by atoms with Crippen LogP contribution in [0.2, 0.25) is 0 Å². The molecule has 1 radical (unpaired) electrons. The van der Waals surface area contributed by atoms with E-state index >= 15 is 0 Å². The Bertz CT molecular complexity index is 244. The van der Waals surface area contributed by atoms with Gasteiger partial charge in [-0.3, -0.25) is 0 Å². The topological polar surface area (TPSA) is 89.0 Å². The third-order valence-corrected chi connectivity index (χ3v) is 6.12. The molecular formula is C20H47NO2SY. The summed E-state index contributed by atoms with van der Waals surface area (Å²) in [7, 11) is 0. The minimum atomic E-state index is 0. The van der Waals surface area contributed by atoms with Gasteiger partial charge < -0.3 is 16.7 Å². The molecule has 2 aliphatic rings. The maximum Gasteiger partial charge on any atom is 0.00387 e. The van der Waals surface area contributed by atoms with Crippen LogP contribution in [-0.4, -0.2) is 22.7 Å². The molecule has 0 amide bonds. The van der Waals surface area contributed by atoms with Crippen LogP contribution in [0.15, 0.2) is 0 Å². The largest absolute Gasteiger partial charge is 0.412 e. The van der Waals surface area contributed by atoms with E-state index in [1.807, 2.05) is 13.8 Å². The molecule has 153 valence electrons. The SMILES string of the molecule is CC.CC1CCC([C@@H](C)CS)CC1.C[C@@H](N)C1CCCCC1.O.O.[Y]. The molecule has 2 fully saturated rings. The molecule has 2 atom stereocenters.